The molecule has 0 unspecified atom stereocenters. The fraction of sp³-hybridized carbons (Fsp3) is 0.364. The van der Waals surface area contributed by atoms with E-state index < -0.39 is 6.09 Å². The number of methoxy groups -OCH3 is 1. The number of benzene rings is 1. The first kappa shape index (κ1) is 11.4. The summed E-state index contributed by atoms with van der Waals surface area (Å²) < 4.78 is 4.51. The van der Waals surface area contributed by atoms with Gasteiger partial charge in [0.2, 0.25) is 0 Å². The first-order valence-corrected chi connectivity index (χ1v) is 4.72. The smallest absolute Gasteiger partial charge is 0.411 e. The molecule has 0 aromatic heterocycles. The number of hydrogen-bond donors (Lipinski definition) is 2. The van der Waals surface area contributed by atoms with Gasteiger partial charge in [0.05, 0.1) is 7.11 Å². The number of ether oxygens (including phenoxy) is 1. The highest BCUT2D eigenvalue weighted by Gasteiger charge is 2.10. The predicted octanol–water partition coefficient (Wildman–Crippen LogP) is 2.69. The van der Waals surface area contributed by atoms with Crippen molar-refractivity contribution >= 4 is 11.8 Å². The van der Waals surface area contributed by atoms with Crippen molar-refractivity contribution in [3.8, 4) is 5.75 Å². The summed E-state index contributed by atoms with van der Waals surface area (Å²) in [7, 11) is 1.31. The minimum atomic E-state index is -0.511. The van der Waals surface area contributed by atoms with E-state index in [9.17, 15) is 9.90 Å². The zero-order valence-corrected chi connectivity index (χ0v) is 9.07. The van der Waals surface area contributed by atoms with Crippen LogP contribution in [0.2, 0.25) is 0 Å². The fourth-order valence-electron chi connectivity index (χ4n) is 1.30. The van der Waals surface area contributed by atoms with Crippen molar-refractivity contribution in [3.05, 3.63) is 23.8 Å². The van der Waals surface area contributed by atoms with Crippen LogP contribution in [0, 0.1) is 0 Å². The van der Waals surface area contributed by atoms with E-state index in [0.29, 0.717) is 5.69 Å². The molecule has 1 amide bonds. The van der Waals surface area contributed by atoms with Crippen molar-refractivity contribution in [1.29, 1.82) is 0 Å². The standard InChI is InChI=1S/C11H15NO3/c1-7(2)9-6-8(13)4-5-10(9)12-11(14)15-3/h4-7,13H,1-3H3,(H,12,14). The van der Waals surface area contributed by atoms with Gasteiger partial charge in [-0.15, -0.1) is 0 Å². The quantitative estimate of drug-likeness (QED) is 0.736. The van der Waals surface area contributed by atoms with Gasteiger partial charge in [0.1, 0.15) is 5.75 Å². The Labute approximate surface area is 88.9 Å². The third-order valence-electron chi connectivity index (χ3n) is 2.08. The first-order valence-electron chi connectivity index (χ1n) is 4.72. The van der Waals surface area contributed by atoms with Gasteiger partial charge in [0.15, 0.2) is 0 Å². The molecular formula is C11H15NO3. The van der Waals surface area contributed by atoms with E-state index in [-0.39, 0.29) is 11.7 Å². The zero-order chi connectivity index (χ0) is 11.4. The lowest BCUT2D eigenvalue weighted by molar-refractivity contribution is 0.187. The Hall–Kier alpha value is -1.71. The van der Waals surface area contributed by atoms with Gasteiger partial charge in [-0.1, -0.05) is 13.8 Å². The lowest BCUT2D eigenvalue weighted by Crippen LogP contribution is -2.12. The maximum Gasteiger partial charge on any atom is 0.411 e. The molecule has 1 rings (SSSR count). The SMILES string of the molecule is COC(=O)Nc1ccc(O)cc1C(C)C. The van der Waals surface area contributed by atoms with E-state index in [1.165, 1.54) is 13.2 Å². The van der Waals surface area contributed by atoms with Crippen molar-refractivity contribution in [2.75, 3.05) is 12.4 Å². The van der Waals surface area contributed by atoms with Crippen molar-refractivity contribution in [1.82, 2.24) is 0 Å². The second kappa shape index (κ2) is 4.68. The normalized spacial score (nSPS) is 10.1. The molecule has 0 aliphatic rings. The van der Waals surface area contributed by atoms with E-state index >= 15 is 0 Å². The van der Waals surface area contributed by atoms with Gasteiger partial charge in [0, 0.05) is 5.69 Å². The van der Waals surface area contributed by atoms with E-state index in [4.69, 9.17) is 0 Å². The van der Waals surface area contributed by atoms with E-state index in [1.54, 1.807) is 12.1 Å². The van der Waals surface area contributed by atoms with Gasteiger partial charge >= 0.3 is 6.09 Å². The molecule has 4 heteroatoms. The number of amides is 1. The maximum atomic E-state index is 11.0. The predicted molar refractivity (Wildman–Crippen MR) is 58.2 cm³/mol. The molecule has 4 nitrogen and oxygen atoms in total. The maximum absolute atomic E-state index is 11.0. The molecule has 82 valence electrons. The highest BCUT2D eigenvalue weighted by Crippen LogP contribution is 2.27. The van der Waals surface area contributed by atoms with Crippen LogP contribution >= 0.6 is 0 Å². The van der Waals surface area contributed by atoms with Gasteiger partial charge in [-0.2, -0.15) is 0 Å². The summed E-state index contributed by atoms with van der Waals surface area (Å²) in [6.45, 7) is 3.97. The Balaban J connectivity index is 3.00. The molecule has 0 saturated heterocycles. The summed E-state index contributed by atoms with van der Waals surface area (Å²) in [5.41, 5.74) is 1.54. The lowest BCUT2D eigenvalue weighted by atomic mass is 10.0. The summed E-state index contributed by atoms with van der Waals surface area (Å²) in [4.78, 5) is 11.0. The molecule has 1 aromatic carbocycles. The molecule has 2 N–H and O–H groups in total. The number of phenols is 1. The second-order valence-corrected chi connectivity index (χ2v) is 3.54. The summed E-state index contributed by atoms with van der Waals surface area (Å²) in [6.07, 6.45) is -0.511. The second-order valence-electron chi connectivity index (χ2n) is 3.54. The van der Waals surface area contributed by atoms with Gasteiger partial charge in [-0.3, -0.25) is 5.32 Å². The Morgan fingerprint density at radius 2 is 2.13 bits per heavy atom. The van der Waals surface area contributed by atoms with Gasteiger partial charge < -0.3 is 9.84 Å². The molecule has 15 heavy (non-hydrogen) atoms. The molecule has 0 aliphatic heterocycles. The molecule has 0 atom stereocenters. The van der Waals surface area contributed by atoms with Crippen molar-refractivity contribution in [2.24, 2.45) is 0 Å². The van der Waals surface area contributed by atoms with Crippen molar-refractivity contribution < 1.29 is 14.6 Å². The van der Waals surface area contributed by atoms with Crippen LogP contribution < -0.4 is 5.32 Å². The molecule has 0 heterocycles. The third kappa shape index (κ3) is 2.87. The number of anilines is 1. The largest absolute Gasteiger partial charge is 0.508 e. The van der Waals surface area contributed by atoms with E-state index in [2.05, 4.69) is 10.1 Å². The van der Waals surface area contributed by atoms with Gasteiger partial charge in [0.25, 0.3) is 0 Å². The third-order valence-corrected chi connectivity index (χ3v) is 2.08. The Morgan fingerprint density at radius 1 is 1.47 bits per heavy atom. The minimum Gasteiger partial charge on any atom is -0.508 e. The monoisotopic (exact) mass is 209 g/mol. The van der Waals surface area contributed by atoms with Crippen LogP contribution in [0.1, 0.15) is 25.3 Å². The molecule has 0 bridgehead atoms. The Bertz CT molecular complexity index is 361. The zero-order valence-electron chi connectivity index (χ0n) is 9.07. The van der Waals surface area contributed by atoms with Crippen molar-refractivity contribution in [2.45, 2.75) is 19.8 Å². The molecule has 0 saturated carbocycles. The number of rotatable bonds is 2. The Morgan fingerprint density at radius 3 is 2.67 bits per heavy atom. The molecular weight excluding hydrogens is 194 g/mol. The molecule has 0 radical (unpaired) electrons. The van der Waals surface area contributed by atoms with Crippen LogP contribution in [0.15, 0.2) is 18.2 Å². The lowest BCUT2D eigenvalue weighted by Gasteiger charge is -2.13. The summed E-state index contributed by atoms with van der Waals surface area (Å²) in [5, 5.41) is 11.9. The molecule has 0 aliphatic carbocycles. The van der Waals surface area contributed by atoms with E-state index in [0.717, 1.165) is 5.56 Å². The first-order chi connectivity index (χ1) is 7.04. The summed E-state index contributed by atoms with van der Waals surface area (Å²) in [5.74, 6) is 0.401. The average molecular weight is 209 g/mol. The van der Waals surface area contributed by atoms with Crippen molar-refractivity contribution in [3.63, 3.8) is 0 Å². The summed E-state index contributed by atoms with van der Waals surface area (Å²) in [6, 6.07) is 4.81. The number of aromatic hydroxyl groups is 1. The minimum absolute atomic E-state index is 0.189. The number of nitrogens with one attached hydrogen (secondary N) is 1. The fourth-order valence-corrected chi connectivity index (χ4v) is 1.30. The van der Waals surface area contributed by atoms with Crippen LogP contribution in [0.5, 0.6) is 5.75 Å². The molecule has 0 fully saturated rings. The summed E-state index contributed by atoms with van der Waals surface area (Å²) >= 11 is 0. The van der Waals surface area contributed by atoms with Crippen LogP contribution in [-0.4, -0.2) is 18.3 Å². The Kier molecular flexibility index (Phi) is 3.55. The number of hydrogen-bond acceptors (Lipinski definition) is 3. The average Bonchev–Trinajstić information content (AvgIpc) is 2.20. The molecule has 1 aromatic rings. The highest BCUT2D eigenvalue weighted by atomic mass is 16.5. The molecule has 0 spiro atoms. The number of carbonyl (C=O) groups excluding carboxylic acids is 1. The topological polar surface area (TPSA) is 58.6 Å². The van der Waals surface area contributed by atoms with Gasteiger partial charge in [-0.25, -0.2) is 4.79 Å². The van der Waals surface area contributed by atoms with Crippen LogP contribution in [0.25, 0.3) is 0 Å². The number of phenolic OH excluding ortho intramolecular Hbond substituents is 1. The van der Waals surface area contributed by atoms with E-state index in [1.807, 2.05) is 13.8 Å². The highest BCUT2D eigenvalue weighted by molar-refractivity contribution is 5.85. The van der Waals surface area contributed by atoms with Gasteiger partial charge in [-0.05, 0) is 29.7 Å². The van der Waals surface area contributed by atoms with Crippen LogP contribution in [0.3, 0.4) is 0 Å². The number of carbonyl (C=O) groups is 1. The van der Waals surface area contributed by atoms with Crippen LogP contribution in [-0.2, 0) is 4.74 Å². The van der Waals surface area contributed by atoms with Crippen LogP contribution in [0.4, 0.5) is 10.5 Å².